The molecular weight excluding hydrogens is 258 g/mol. The average molecular weight is 281 g/mol. The van der Waals surface area contributed by atoms with Gasteiger partial charge in [-0.05, 0) is 44.7 Å². The number of nitrogens with zero attached hydrogens (tertiary/aromatic N) is 1. The first kappa shape index (κ1) is 14.5. The molecule has 0 bridgehead atoms. The SMILES string of the molecule is Cc1ncc(CNC(=O)CC(C)C2CCCNC2)s1. The zero-order valence-corrected chi connectivity index (χ0v) is 12.6. The molecule has 1 aliphatic rings. The van der Waals surface area contributed by atoms with Crippen molar-refractivity contribution in [2.45, 2.75) is 39.7 Å². The van der Waals surface area contributed by atoms with Gasteiger partial charge in [0.15, 0.2) is 0 Å². The number of nitrogens with one attached hydrogen (secondary N) is 2. The van der Waals surface area contributed by atoms with Crippen LogP contribution in [0.25, 0.3) is 0 Å². The fourth-order valence-electron chi connectivity index (χ4n) is 2.57. The van der Waals surface area contributed by atoms with E-state index < -0.39 is 0 Å². The number of aryl methyl sites for hydroxylation is 1. The predicted molar refractivity (Wildman–Crippen MR) is 78.1 cm³/mol. The third kappa shape index (κ3) is 4.58. The van der Waals surface area contributed by atoms with Gasteiger partial charge in [0.25, 0.3) is 0 Å². The third-order valence-corrected chi connectivity index (χ3v) is 4.69. The smallest absolute Gasteiger partial charge is 0.220 e. The van der Waals surface area contributed by atoms with E-state index in [1.54, 1.807) is 11.3 Å². The van der Waals surface area contributed by atoms with Gasteiger partial charge in [-0.25, -0.2) is 4.98 Å². The van der Waals surface area contributed by atoms with Crippen molar-refractivity contribution in [1.29, 1.82) is 0 Å². The molecule has 2 unspecified atom stereocenters. The first-order chi connectivity index (χ1) is 9.15. The highest BCUT2D eigenvalue weighted by Gasteiger charge is 2.21. The highest BCUT2D eigenvalue weighted by atomic mass is 32.1. The molecule has 0 aromatic carbocycles. The van der Waals surface area contributed by atoms with Crippen LogP contribution in [0.15, 0.2) is 6.20 Å². The normalized spacial score (nSPS) is 21.1. The second-order valence-electron chi connectivity index (χ2n) is 5.41. The Morgan fingerprint density at radius 3 is 3.16 bits per heavy atom. The lowest BCUT2D eigenvalue weighted by Crippen LogP contribution is -2.35. The maximum atomic E-state index is 11.9. The molecule has 19 heavy (non-hydrogen) atoms. The minimum absolute atomic E-state index is 0.157. The standard InChI is InChI=1S/C14H23N3OS/c1-10(12-4-3-5-15-7-12)6-14(18)17-9-13-8-16-11(2)19-13/h8,10,12,15H,3-7,9H2,1-2H3,(H,17,18). The Bertz CT molecular complexity index is 413. The number of aromatic nitrogens is 1. The number of carbonyl (C=O) groups is 1. The quantitative estimate of drug-likeness (QED) is 0.869. The molecule has 0 radical (unpaired) electrons. The van der Waals surface area contributed by atoms with E-state index in [9.17, 15) is 4.79 Å². The summed E-state index contributed by atoms with van der Waals surface area (Å²) in [5, 5.41) is 7.45. The Balaban J connectivity index is 1.71. The zero-order chi connectivity index (χ0) is 13.7. The van der Waals surface area contributed by atoms with Crippen molar-refractivity contribution in [1.82, 2.24) is 15.6 Å². The summed E-state index contributed by atoms with van der Waals surface area (Å²) >= 11 is 1.64. The maximum absolute atomic E-state index is 11.9. The first-order valence-corrected chi connectivity index (χ1v) is 7.85. The van der Waals surface area contributed by atoms with Crippen LogP contribution >= 0.6 is 11.3 Å². The van der Waals surface area contributed by atoms with Crippen LogP contribution in [0.4, 0.5) is 0 Å². The van der Waals surface area contributed by atoms with E-state index in [2.05, 4.69) is 22.5 Å². The molecular formula is C14H23N3OS. The van der Waals surface area contributed by atoms with E-state index in [4.69, 9.17) is 0 Å². The Morgan fingerprint density at radius 1 is 1.68 bits per heavy atom. The van der Waals surface area contributed by atoms with Crippen LogP contribution in [0.1, 0.15) is 36.1 Å². The van der Waals surface area contributed by atoms with Crippen molar-refractivity contribution in [2.75, 3.05) is 13.1 Å². The molecule has 0 aliphatic carbocycles. The molecule has 1 aromatic rings. The van der Waals surface area contributed by atoms with Crippen LogP contribution < -0.4 is 10.6 Å². The number of piperidine rings is 1. The molecule has 2 N–H and O–H groups in total. The van der Waals surface area contributed by atoms with Gasteiger partial charge in [0.1, 0.15) is 0 Å². The number of thiazole rings is 1. The van der Waals surface area contributed by atoms with Crippen LogP contribution in [-0.2, 0) is 11.3 Å². The molecule has 2 rings (SSSR count). The van der Waals surface area contributed by atoms with Gasteiger partial charge in [0, 0.05) is 17.5 Å². The van der Waals surface area contributed by atoms with Crippen LogP contribution in [0, 0.1) is 18.8 Å². The maximum Gasteiger partial charge on any atom is 0.220 e. The monoisotopic (exact) mass is 281 g/mol. The van der Waals surface area contributed by atoms with Crippen molar-refractivity contribution in [3.05, 3.63) is 16.1 Å². The van der Waals surface area contributed by atoms with Gasteiger partial charge in [-0.15, -0.1) is 11.3 Å². The van der Waals surface area contributed by atoms with Crippen molar-refractivity contribution in [3.8, 4) is 0 Å². The predicted octanol–water partition coefficient (Wildman–Crippen LogP) is 2.09. The summed E-state index contributed by atoms with van der Waals surface area (Å²) in [5.74, 6) is 1.25. The summed E-state index contributed by atoms with van der Waals surface area (Å²) in [6.07, 6.45) is 4.95. The van der Waals surface area contributed by atoms with Gasteiger partial charge < -0.3 is 10.6 Å². The number of hydrogen-bond donors (Lipinski definition) is 2. The third-order valence-electron chi connectivity index (χ3n) is 3.78. The molecule has 4 nitrogen and oxygen atoms in total. The van der Waals surface area contributed by atoms with Crippen LogP contribution in [0.3, 0.4) is 0 Å². The molecule has 0 saturated carbocycles. The first-order valence-electron chi connectivity index (χ1n) is 7.04. The van der Waals surface area contributed by atoms with E-state index in [-0.39, 0.29) is 5.91 Å². The molecule has 1 saturated heterocycles. The minimum Gasteiger partial charge on any atom is -0.351 e. The van der Waals surface area contributed by atoms with Crippen molar-refractivity contribution < 1.29 is 4.79 Å². The molecule has 5 heteroatoms. The highest BCUT2D eigenvalue weighted by Crippen LogP contribution is 2.22. The highest BCUT2D eigenvalue weighted by molar-refractivity contribution is 7.11. The largest absolute Gasteiger partial charge is 0.351 e. The second kappa shape index (κ2) is 7.01. The number of amides is 1. The van der Waals surface area contributed by atoms with Gasteiger partial charge in [0.05, 0.1) is 11.6 Å². The Labute approximate surface area is 119 Å². The Morgan fingerprint density at radius 2 is 2.53 bits per heavy atom. The molecule has 1 aliphatic heterocycles. The lowest BCUT2D eigenvalue weighted by molar-refractivity contribution is -0.122. The molecule has 2 heterocycles. The van der Waals surface area contributed by atoms with E-state index in [1.807, 2.05) is 13.1 Å². The van der Waals surface area contributed by atoms with E-state index in [1.165, 1.54) is 12.8 Å². The lowest BCUT2D eigenvalue weighted by atomic mass is 9.85. The summed E-state index contributed by atoms with van der Waals surface area (Å²) in [7, 11) is 0. The number of hydrogen-bond acceptors (Lipinski definition) is 4. The summed E-state index contributed by atoms with van der Waals surface area (Å²) in [6.45, 7) is 6.96. The van der Waals surface area contributed by atoms with Crippen molar-refractivity contribution in [2.24, 2.45) is 11.8 Å². The van der Waals surface area contributed by atoms with E-state index in [0.717, 1.165) is 23.0 Å². The minimum atomic E-state index is 0.157. The lowest BCUT2D eigenvalue weighted by Gasteiger charge is -2.27. The molecule has 1 aromatic heterocycles. The molecule has 1 fully saturated rings. The summed E-state index contributed by atoms with van der Waals surface area (Å²) in [5.41, 5.74) is 0. The van der Waals surface area contributed by atoms with Crippen LogP contribution in [0.2, 0.25) is 0 Å². The Kier molecular flexibility index (Phi) is 5.34. The fraction of sp³-hybridized carbons (Fsp3) is 0.714. The van der Waals surface area contributed by atoms with E-state index >= 15 is 0 Å². The van der Waals surface area contributed by atoms with Gasteiger partial charge in [-0.1, -0.05) is 6.92 Å². The van der Waals surface area contributed by atoms with Crippen LogP contribution in [-0.4, -0.2) is 24.0 Å². The van der Waals surface area contributed by atoms with Crippen molar-refractivity contribution in [3.63, 3.8) is 0 Å². The second-order valence-corrected chi connectivity index (χ2v) is 6.73. The van der Waals surface area contributed by atoms with Gasteiger partial charge in [0.2, 0.25) is 5.91 Å². The zero-order valence-electron chi connectivity index (χ0n) is 11.7. The Hall–Kier alpha value is -0.940. The summed E-state index contributed by atoms with van der Waals surface area (Å²) < 4.78 is 0. The topological polar surface area (TPSA) is 54.0 Å². The number of carbonyl (C=O) groups excluding carboxylic acids is 1. The molecule has 0 spiro atoms. The van der Waals surface area contributed by atoms with Gasteiger partial charge in [-0.2, -0.15) is 0 Å². The van der Waals surface area contributed by atoms with Gasteiger partial charge in [-0.3, -0.25) is 4.79 Å². The number of rotatable bonds is 5. The molecule has 106 valence electrons. The molecule has 2 atom stereocenters. The van der Waals surface area contributed by atoms with Crippen molar-refractivity contribution >= 4 is 17.2 Å². The summed E-state index contributed by atoms with van der Waals surface area (Å²) in [4.78, 5) is 17.2. The van der Waals surface area contributed by atoms with Crippen LogP contribution in [0.5, 0.6) is 0 Å². The van der Waals surface area contributed by atoms with Gasteiger partial charge >= 0.3 is 0 Å². The fourth-order valence-corrected chi connectivity index (χ4v) is 3.30. The summed E-state index contributed by atoms with van der Waals surface area (Å²) in [6, 6.07) is 0. The molecule has 1 amide bonds. The van der Waals surface area contributed by atoms with E-state index in [0.29, 0.717) is 24.8 Å². The average Bonchev–Trinajstić information content (AvgIpc) is 2.83.